The Labute approximate surface area is 145 Å². The van der Waals surface area contributed by atoms with Crippen molar-refractivity contribution in [1.82, 2.24) is 9.88 Å². The number of hydrogen-bond acceptors (Lipinski definition) is 4. The Morgan fingerprint density at radius 1 is 1.16 bits per heavy atom. The van der Waals surface area contributed by atoms with Gasteiger partial charge in [0, 0.05) is 55.9 Å². The van der Waals surface area contributed by atoms with Crippen molar-refractivity contribution in [3.63, 3.8) is 0 Å². The van der Waals surface area contributed by atoms with Gasteiger partial charge >= 0.3 is 0 Å². The van der Waals surface area contributed by atoms with Crippen molar-refractivity contribution in [3.05, 3.63) is 65.7 Å². The standard InChI is InChI=1S/C19H18FN3O2/c20-16-5-3-14(4-6-16)18(24)23-10-7-19(8-11-23)12-17(22-25-19)15-2-1-9-21-13-15/h1-6,9,13H,7-8,10-12H2. The highest BCUT2D eigenvalue weighted by Crippen LogP contribution is 2.36. The number of carbonyl (C=O) groups is 1. The van der Waals surface area contributed by atoms with Crippen LogP contribution in [0.1, 0.15) is 35.2 Å². The van der Waals surface area contributed by atoms with Crippen LogP contribution in [0.4, 0.5) is 4.39 Å². The molecule has 0 saturated carbocycles. The van der Waals surface area contributed by atoms with Crippen molar-refractivity contribution in [2.45, 2.75) is 24.9 Å². The number of hydrogen-bond donors (Lipinski definition) is 0. The van der Waals surface area contributed by atoms with Crippen LogP contribution in [-0.4, -0.2) is 40.2 Å². The van der Waals surface area contributed by atoms with Gasteiger partial charge in [-0.3, -0.25) is 9.78 Å². The third kappa shape index (κ3) is 3.12. The van der Waals surface area contributed by atoms with E-state index < -0.39 is 0 Å². The van der Waals surface area contributed by atoms with Gasteiger partial charge < -0.3 is 9.74 Å². The largest absolute Gasteiger partial charge is 0.388 e. The number of benzene rings is 1. The van der Waals surface area contributed by atoms with Crippen molar-refractivity contribution < 1.29 is 14.0 Å². The highest BCUT2D eigenvalue weighted by molar-refractivity contribution is 6.01. The third-order valence-electron chi connectivity index (χ3n) is 4.89. The summed E-state index contributed by atoms with van der Waals surface area (Å²) in [7, 11) is 0. The molecule has 0 N–H and O–H groups in total. The number of piperidine rings is 1. The van der Waals surface area contributed by atoms with E-state index in [9.17, 15) is 9.18 Å². The number of carbonyl (C=O) groups excluding carboxylic acids is 1. The zero-order chi connectivity index (χ0) is 17.3. The second kappa shape index (κ2) is 6.27. The topological polar surface area (TPSA) is 54.8 Å². The highest BCUT2D eigenvalue weighted by atomic mass is 19.1. The molecule has 1 amide bonds. The molecule has 0 aliphatic carbocycles. The summed E-state index contributed by atoms with van der Waals surface area (Å²) in [4.78, 5) is 24.2. The Morgan fingerprint density at radius 2 is 1.92 bits per heavy atom. The Balaban J connectivity index is 1.39. The second-order valence-electron chi connectivity index (χ2n) is 6.53. The van der Waals surface area contributed by atoms with Gasteiger partial charge in [-0.15, -0.1) is 0 Å². The average Bonchev–Trinajstić information content (AvgIpc) is 3.07. The molecule has 1 spiro atoms. The number of likely N-dealkylation sites (tertiary alicyclic amines) is 1. The molecule has 1 aromatic carbocycles. The van der Waals surface area contributed by atoms with Crippen LogP contribution in [-0.2, 0) is 4.84 Å². The van der Waals surface area contributed by atoms with E-state index in [1.807, 2.05) is 12.1 Å². The molecule has 128 valence electrons. The summed E-state index contributed by atoms with van der Waals surface area (Å²) in [5, 5.41) is 4.25. The fourth-order valence-corrected chi connectivity index (χ4v) is 3.37. The smallest absolute Gasteiger partial charge is 0.253 e. The molecule has 0 bridgehead atoms. The monoisotopic (exact) mass is 339 g/mol. The van der Waals surface area contributed by atoms with Crippen LogP contribution >= 0.6 is 0 Å². The lowest BCUT2D eigenvalue weighted by atomic mass is 9.85. The number of oxime groups is 1. The molecule has 0 atom stereocenters. The summed E-state index contributed by atoms with van der Waals surface area (Å²) in [5.74, 6) is -0.408. The average molecular weight is 339 g/mol. The molecular weight excluding hydrogens is 321 g/mol. The summed E-state index contributed by atoms with van der Waals surface area (Å²) in [6.07, 6.45) is 5.71. The molecule has 2 aromatic rings. The summed E-state index contributed by atoms with van der Waals surface area (Å²) >= 11 is 0. The van der Waals surface area contributed by atoms with Gasteiger partial charge in [-0.05, 0) is 36.4 Å². The van der Waals surface area contributed by atoms with E-state index in [0.717, 1.165) is 30.5 Å². The molecule has 6 heteroatoms. The van der Waals surface area contributed by atoms with Crippen molar-refractivity contribution >= 4 is 11.6 Å². The number of aromatic nitrogens is 1. The molecule has 0 unspecified atom stereocenters. The summed E-state index contributed by atoms with van der Waals surface area (Å²) in [6.45, 7) is 1.21. The van der Waals surface area contributed by atoms with Crippen LogP contribution in [0.5, 0.6) is 0 Å². The fraction of sp³-hybridized carbons (Fsp3) is 0.316. The Morgan fingerprint density at radius 3 is 2.60 bits per heavy atom. The van der Waals surface area contributed by atoms with E-state index in [0.29, 0.717) is 18.7 Å². The van der Waals surface area contributed by atoms with Gasteiger partial charge in [-0.2, -0.15) is 0 Å². The Bertz CT molecular complexity index is 797. The Kier molecular flexibility index (Phi) is 3.95. The van der Waals surface area contributed by atoms with E-state index in [-0.39, 0.29) is 17.3 Å². The maximum Gasteiger partial charge on any atom is 0.253 e. The van der Waals surface area contributed by atoms with Crippen LogP contribution < -0.4 is 0 Å². The molecule has 1 aromatic heterocycles. The van der Waals surface area contributed by atoms with Crippen molar-refractivity contribution in [2.75, 3.05) is 13.1 Å². The second-order valence-corrected chi connectivity index (χ2v) is 6.53. The van der Waals surface area contributed by atoms with E-state index in [1.165, 1.54) is 24.3 Å². The first-order chi connectivity index (χ1) is 12.2. The minimum atomic E-state index is -0.339. The maximum absolute atomic E-state index is 13.0. The van der Waals surface area contributed by atoms with Gasteiger partial charge in [-0.1, -0.05) is 5.16 Å². The lowest BCUT2D eigenvalue weighted by Crippen LogP contribution is -2.46. The van der Waals surface area contributed by atoms with Crippen molar-refractivity contribution in [3.8, 4) is 0 Å². The van der Waals surface area contributed by atoms with Crippen LogP contribution in [0.15, 0.2) is 53.9 Å². The molecule has 0 radical (unpaired) electrons. The molecule has 1 saturated heterocycles. The normalized spacial score (nSPS) is 18.8. The summed E-state index contributed by atoms with van der Waals surface area (Å²) in [5.41, 5.74) is 2.07. The predicted molar refractivity (Wildman–Crippen MR) is 90.7 cm³/mol. The lowest BCUT2D eigenvalue weighted by Gasteiger charge is -2.37. The predicted octanol–water partition coefficient (Wildman–Crippen LogP) is 3.02. The number of nitrogens with zero attached hydrogens (tertiary/aromatic N) is 3. The van der Waals surface area contributed by atoms with Gasteiger partial charge in [0.1, 0.15) is 11.4 Å². The number of rotatable bonds is 2. The first kappa shape index (κ1) is 15.7. The molecule has 25 heavy (non-hydrogen) atoms. The molecule has 5 nitrogen and oxygen atoms in total. The zero-order valence-electron chi connectivity index (χ0n) is 13.7. The van der Waals surface area contributed by atoms with Crippen molar-refractivity contribution in [2.24, 2.45) is 5.16 Å². The first-order valence-electron chi connectivity index (χ1n) is 8.36. The van der Waals surface area contributed by atoms with Crippen LogP contribution in [0.25, 0.3) is 0 Å². The summed E-state index contributed by atoms with van der Waals surface area (Å²) in [6, 6.07) is 9.53. The maximum atomic E-state index is 13.0. The molecule has 3 heterocycles. The van der Waals surface area contributed by atoms with Crippen LogP contribution in [0.3, 0.4) is 0 Å². The molecular formula is C19H18FN3O2. The first-order valence-corrected chi connectivity index (χ1v) is 8.36. The van der Waals surface area contributed by atoms with E-state index >= 15 is 0 Å². The van der Waals surface area contributed by atoms with Crippen LogP contribution in [0.2, 0.25) is 0 Å². The fourth-order valence-electron chi connectivity index (χ4n) is 3.37. The lowest BCUT2D eigenvalue weighted by molar-refractivity contribution is -0.0568. The van der Waals surface area contributed by atoms with E-state index in [2.05, 4.69) is 10.1 Å². The molecule has 4 rings (SSSR count). The Hall–Kier alpha value is -2.76. The third-order valence-corrected chi connectivity index (χ3v) is 4.89. The van der Waals surface area contributed by atoms with Gasteiger partial charge in [-0.25, -0.2) is 4.39 Å². The van der Waals surface area contributed by atoms with E-state index in [1.54, 1.807) is 17.3 Å². The molecule has 1 fully saturated rings. The SMILES string of the molecule is O=C(c1ccc(F)cc1)N1CCC2(CC1)CC(c1cccnc1)=NO2. The van der Waals surface area contributed by atoms with Gasteiger partial charge in [0.25, 0.3) is 5.91 Å². The number of amides is 1. The van der Waals surface area contributed by atoms with E-state index in [4.69, 9.17) is 4.84 Å². The minimum Gasteiger partial charge on any atom is -0.388 e. The highest BCUT2D eigenvalue weighted by Gasteiger charge is 2.43. The minimum absolute atomic E-state index is 0.0683. The van der Waals surface area contributed by atoms with Crippen LogP contribution in [0, 0.1) is 5.82 Å². The van der Waals surface area contributed by atoms with Gasteiger partial charge in [0.15, 0.2) is 0 Å². The zero-order valence-corrected chi connectivity index (χ0v) is 13.7. The van der Waals surface area contributed by atoms with Gasteiger partial charge in [0.05, 0.1) is 5.71 Å². The number of halogens is 1. The quantitative estimate of drug-likeness (QED) is 0.845. The van der Waals surface area contributed by atoms with Crippen molar-refractivity contribution in [1.29, 1.82) is 0 Å². The molecule has 2 aliphatic rings. The summed E-state index contributed by atoms with van der Waals surface area (Å²) < 4.78 is 13.0. The van der Waals surface area contributed by atoms with Gasteiger partial charge in [0.2, 0.25) is 0 Å². The number of pyridine rings is 1. The molecule has 2 aliphatic heterocycles.